The third kappa shape index (κ3) is 3.87. The van der Waals surface area contributed by atoms with E-state index in [2.05, 4.69) is 5.32 Å². The van der Waals surface area contributed by atoms with Gasteiger partial charge in [-0.15, -0.1) is 0 Å². The summed E-state index contributed by atoms with van der Waals surface area (Å²) >= 11 is 0. The van der Waals surface area contributed by atoms with Crippen LogP contribution in [0.1, 0.15) is 19.3 Å². The van der Waals surface area contributed by atoms with Crippen LogP contribution < -0.4 is 14.8 Å². The van der Waals surface area contributed by atoms with Gasteiger partial charge in [-0.3, -0.25) is 4.79 Å². The van der Waals surface area contributed by atoms with E-state index in [0.29, 0.717) is 6.61 Å². The minimum atomic E-state index is -0.698. The summed E-state index contributed by atoms with van der Waals surface area (Å²) in [4.78, 5) is 11.0. The molecule has 5 heteroatoms. The van der Waals surface area contributed by atoms with Crippen LogP contribution in [-0.2, 0) is 4.79 Å². The zero-order valence-electron chi connectivity index (χ0n) is 11.7. The standard InChI is InChI=1S/C15H21NO4/c1-19-11-4-6-12(7-5-11)20-10-2-3-14-13(15(17)18)8-9-16-14/h4-7,13-14,16H,2-3,8-10H2,1H3,(H,17,18). The highest BCUT2D eigenvalue weighted by atomic mass is 16.5. The first-order valence-corrected chi connectivity index (χ1v) is 6.94. The van der Waals surface area contributed by atoms with Crippen LogP contribution in [0.3, 0.4) is 0 Å². The Morgan fingerprint density at radius 3 is 2.70 bits per heavy atom. The van der Waals surface area contributed by atoms with E-state index in [-0.39, 0.29) is 12.0 Å². The Hall–Kier alpha value is -1.75. The second kappa shape index (κ2) is 7.14. The Labute approximate surface area is 118 Å². The van der Waals surface area contributed by atoms with Gasteiger partial charge in [-0.2, -0.15) is 0 Å². The zero-order chi connectivity index (χ0) is 14.4. The molecular weight excluding hydrogens is 258 g/mol. The monoisotopic (exact) mass is 279 g/mol. The summed E-state index contributed by atoms with van der Waals surface area (Å²) in [6.07, 6.45) is 2.39. The lowest BCUT2D eigenvalue weighted by atomic mass is 9.97. The van der Waals surface area contributed by atoms with E-state index in [4.69, 9.17) is 14.6 Å². The van der Waals surface area contributed by atoms with E-state index >= 15 is 0 Å². The molecule has 1 heterocycles. The highest BCUT2D eigenvalue weighted by Gasteiger charge is 2.31. The van der Waals surface area contributed by atoms with Gasteiger partial charge in [-0.05, 0) is 50.1 Å². The molecule has 110 valence electrons. The van der Waals surface area contributed by atoms with Crippen LogP contribution in [0.25, 0.3) is 0 Å². The molecule has 1 aliphatic rings. The molecule has 0 aromatic heterocycles. The van der Waals surface area contributed by atoms with Crippen molar-refractivity contribution in [3.05, 3.63) is 24.3 Å². The molecular formula is C15H21NO4. The topological polar surface area (TPSA) is 67.8 Å². The Morgan fingerprint density at radius 2 is 2.05 bits per heavy atom. The molecule has 0 spiro atoms. The first kappa shape index (κ1) is 14.7. The molecule has 0 aliphatic carbocycles. The Balaban J connectivity index is 1.69. The van der Waals surface area contributed by atoms with Gasteiger partial charge in [-0.1, -0.05) is 0 Å². The number of carboxylic acids is 1. The van der Waals surface area contributed by atoms with Gasteiger partial charge < -0.3 is 19.9 Å². The number of aliphatic carboxylic acids is 1. The maximum Gasteiger partial charge on any atom is 0.308 e. The van der Waals surface area contributed by atoms with Crippen molar-refractivity contribution in [2.75, 3.05) is 20.3 Å². The van der Waals surface area contributed by atoms with Crippen LogP contribution in [0.4, 0.5) is 0 Å². The van der Waals surface area contributed by atoms with Crippen molar-refractivity contribution in [2.24, 2.45) is 5.92 Å². The predicted octanol–water partition coefficient (Wildman–Crippen LogP) is 1.92. The summed E-state index contributed by atoms with van der Waals surface area (Å²) in [6, 6.07) is 7.52. The van der Waals surface area contributed by atoms with Gasteiger partial charge in [-0.25, -0.2) is 0 Å². The molecule has 1 aliphatic heterocycles. The minimum absolute atomic E-state index is 0.0759. The highest BCUT2D eigenvalue weighted by Crippen LogP contribution is 2.21. The molecule has 2 unspecified atom stereocenters. The van der Waals surface area contributed by atoms with Crippen molar-refractivity contribution in [3.63, 3.8) is 0 Å². The fourth-order valence-corrected chi connectivity index (χ4v) is 2.53. The van der Waals surface area contributed by atoms with Crippen molar-refractivity contribution in [3.8, 4) is 11.5 Å². The number of nitrogens with one attached hydrogen (secondary N) is 1. The number of benzene rings is 1. The SMILES string of the molecule is COc1ccc(OCCCC2NCCC2C(=O)O)cc1. The van der Waals surface area contributed by atoms with Crippen molar-refractivity contribution in [1.29, 1.82) is 0 Å². The highest BCUT2D eigenvalue weighted by molar-refractivity contribution is 5.71. The van der Waals surface area contributed by atoms with E-state index in [0.717, 1.165) is 37.3 Å². The molecule has 1 aromatic carbocycles. The fourth-order valence-electron chi connectivity index (χ4n) is 2.53. The molecule has 0 radical (unpaired) electrons. The van der Waals surface area contributed by atoms with Crippen molar-refractivity contribution in [2.45, 2.75) is 25.3 Å². The van der Waals surface area contributed by atoms with Crippen molar-refractivity contribution < 1.29 is 19.4 Å². The van der Waals surface area contributed by atoms with Crippen LogP contribution in [-0.4, -0.2) is 37.4 Å². The quantitative estimate of drug-likeness (QED) is 0.746. The lowest BCUT2D eigenvalue weighted by molar-refractivity contribution is -0.142. The number of carbonyl (C=O) groups is 1. The third-order valence-electron chi connectivity index (χ3n) is 3.65. The summed E-state index contributed by atoms with van der Waals surface area (Å²) in [7, 11) is 1.63. The largest absolute Gasteiger partial charge is 0.497 e. The average molecular weight is 279 g/mol. The molecule has 20 heavy (non-hydrogen) atoms. The van der Waals surface area contributed by atoms with E-state index in [1.165, 1.54) is 0 Å². The smallest absolute Gasteiger partial charge is 0.308 e. The Kier molecular flexibility index (Phi) is 5.24. The second-order valence-electron chi connectivity index (χ2n) is 4.96. The predicted molar refractivity (Wildman–Crippen MR) is 75.3 cm³/mol. The molecule has 5 nitrogen and oxygen atoms in total. The van der Waals surface area contributed by atoms with Crippen LogP contribution in [0.15, 0.2) is 24.3 Å². The first-order valence-electron chi connectivity index (χ1n) is 6.94. The molecule has 1 fully saturated rings. The van der Waals surface area contributed by atoms with Crippen molar-refractivity contribution in [1.82, 2.24) is 5.32 Å². The third-order valence-corrected chi connectivity index (χ3v) is 3.65. The maximum absolute atomic E-state index is 11.0. The van der Waals surface area contributed by atoms with Gasteiger partial charge in [0.05, 0.1) is 19.6 Å². The van der Waals surface area contributed by atoms with Gasteiger partial charge in [0.2, 0.25) is 0 Å². The van der Waals surface area contributed by atoms with Crippen LogP contribution in [0, 0.1) is 5.92 Å². The van der Waals surface area contributed by atoms with E-state index in [1.54, 1.807) is 7.11 Å². The average Bonchev–Trinajstić information content (AvgIpc) is 2.93. The number of carboxylic acid groups (broad SMARTS) is 1. The number of hydrogen-bond donors (Lipinski definition) is 2. The summed E-state index contributed by atoms with van der Waals surface area (Å²) < 4.78 is 10.7. The molecule has 0 bridgehead atoms. The van der Waals surface area contributed by atoms with Crippen molar-refractivity contribution >= 4 is 5.97 Å². The number of methoxy groups -OCH3 is 1. The van der Waals surface area contributed by atoms with Crippen LogP contribution in [0.5, 0.6) is 11.5 Å². The molecule has 0 saturated carbocycles. The van der Waals surface area contributed by atoms with Gasteiger partial charge in [0.1, 0.15) is 11.5 Å². The number of ether oxygens (including phenoxy) is 2. The summed E-state index contributed by atoms with van der Waals surface area (Å²) in [6.45, 7) is 1.39. The molecule has 0 amide bonds. The molecule has 2 atom stereocenters. The fraction of sp³-hybridized carbons (Fsp3) is 0.533. The lowest BCUT2D eigenvalue weighted by Crippen LogP contribution is -2.31. The summed E-state index contributed by atoms with van der Waals surface area (Å²) in [5.41, 5.74) is 0. The maximum atomic E-state index is 11.0. The number of hydrogen-bond acceptors (Lipinski definition) is 4. The molecule has 1 saturated heterocycles. The Bertz CT molecular complexity index is 432. The Morgan fingerprint density at radius 1 is 1.35 bits per heavy atom. The van der Waals surface area contributed by atoms with Crippen LogP contribution >= 0.6 is 0 Å². The normalized spacial score (nSPS) is 21.6. The molecule has 2 rings (SSSR count). The van der Waals surface area contributed by atoms with Crippen LogP contribution in [0.2, 0.25) is 0 Å². The van der Waals surface area contributed by atoms with E-state index in [1.807, 2.05) is 24.3 Å². The van der Waals surface area contributed by atoms with Gasteiger partial charge in [0.15, 0.2) is 0 Å². The van der Waals surface area contributed by atoms with Gasteiger partial charge >= 0.3 is 5.97 Å². The zero-order valence-corrected chi connectivity index (χ0v) is 11.7. The van der Waals surface area contributed by atoms with E-state index in [9.17, 15) is 4.79 Å². The molecule has 2 N–H and O–H groups in total. The number of rotatable bonds is 7. The van der Waals surface area contributed by atoms with E-state index < -0.39 is 5.97 Å². The summed E-state index contributed by atoms with van der Waals surface area (Å²) in [5.74, 6) is 0.656. The minimum Gasteiger partial charge on any atom is -0.497 e. The van der Waals surface area contributed by atoms with Gasteiger partial charge in [0.25, 0.3) is 0 Å². The first-order chi connectivity index (χ1) is 9.70. The molecule has 1 aromatic rings. The lowest BCUT2D eigenvalue weighted by Gasteiger charge is -2.15. The summed E-state index contributed by atoms with van der Waals surface area (Å²) in [5, 5.41) is 12.3. The van der Waals surface area contributed by atoms with Gasteiger partial charge in [0, 0.05) is 6.04 Å². The second-order valence-corrected chi connectivity index (χ2v) is 4.96.